The van der Waals surface area contributed by atoms with E-state index in [1.54, 1.807) is 0 Å². The largest absolute Gasteiger partial charge is 0.348 e. The molecule has 1 aromatic carbocycles. The third-order valence-electron chi connectivity index (χ3n) is 2.98. The fourth-order valence-electron chi connectivity index (χ4n) is 1.97. The van der Waals surface area contributed by atoms with Crippen molar-refractivity contribution in [3.05, 3.63) is 34.3 Å². The number of hydrogen-bond donors (Lipinski definition) is 4. The van der Waals surface area contributed by atoms with Crippen LogP contribution in [0, 0.1) is 0 Å². The molecule has 1 fully saturated rings. The molecule has 5 N–H and O–H groups in total. The summed E-state index contributed by atoms with van der Waals surface area (Å²) in [6, 6.07) is 7.53. The zero-order valence-electron chi connectivity index (χ0n) is 10.1. The molecule has 0 aliphatic carbocycles. The fourth-order valence-corrected chi connectivity index (χ4v) is 2.60. The number of carbonyl (C=O) groups excluding carboxylic acids is 1. The predicted molar refractivity (Wildman–Crippen MR) is 73.4 cm³/mol. The van der Waals surface area contributed by atoms with Crippen molar-refractivity contribution in [3.8, 4) is 0 Å². The molecule has 0 saturated carbocycles. The maximum absolute atomic E-state index is 12.0. The highest BCUT2D eigenvalue weighted by atomic mass is 79.9. The molecule has 0 radical (unpaired) electrons. The second-order valence-electron chi connectivity index (χ2n) is 4.44. The van der Waals surface area contributed by atoms with Crippen LogP contribution in [-0.4, -0.2) is 18.1 Å². The molecule has 18 heavy (non-hydrogen) atoms. The Bertz CT molecular complexity index is 440. The molecular weight excluding hydrogens is 296 g/mol. The van der Waals surface area contributed by atoms with Crippen molar-refractivity contribution in [1.29, 1.82) is 0 Å². The Morgan fingerprint density at radius 3 is 2.83 bits per heavy atom. The molecular formula is C12H17BrN4O. The second kappa shape index (κ2) is 5.79. The molecule has 1 amide bonds. The minimum atomic E-state index is -0.273. The quantitative estimate of drug-likeness (QED) is 0.665. The Hall–Kier alpha value is -0.950. The summed E-state index contributed by atoms with van der Waals surface area (Å²) >= 11 is 3.48. The summed E-state index contributed by atoms with van der Waals surface area (Å²) in [4.78, 5) is 12.0. The van der Waals surface area contributed by atoms with Gasteiger partial charge in [-0.1, -0.05) is 34.1 Å². The highest BCUT2D eigenvalue weighted by Crippen LogP contribution is 2.22. The molecule has 0 bridgehead atoms. The zero-order chi connectivity index (χ0) is 13.1. The molecule has 1 aliphatic heterocycles. The van der Waals surface area contributed by atoms with Gasteiger partial charge in [-0.15, -0.1) is 0 Å². The first kappa shape index (κ1) is 13.5. The van der Waals surface area contributed by atoms with E-state index in [9.17, 15) is 4.79 Å². The maximum atomic E-state index is 12.0. The molecule has 1 heterocycles. The van der Waals surface area contributed by atoms with Gasteiger partial charge in [0.05, 0.1) is 12.2 Å². The standard InChI is InChI=1S/C12H17BrN4O/c1-7(8-4-2-3-5-9(8)13)15-12(18)10-6-11(14)17-16-10/h2-5,7,10-11,16-17H,6,14H2,1H3,(H,15,18). The van der Waals surface area contributed by atoms with E-state index in [1.165, 1.54) is 0 Å². The van der Waals surface area contributed by atoms with Crippen molar-refractivity contribution < 1.29 is 4.79 Å². The lowest BCUT2D eigenvalue weighted by Gasteiger charge is -2.18. The SMILES string of the molecule is CC(NC(=O)C1CC(N)NN1)c1ccccc1Br. The number of hydrogen-bond acceptors (Lipinski definition) is 4. The molecule has 3 unspecified atom stereocenters. The number of nitrogens with one attached hydrogen (secondary N) is 3. The van der Waals surface area contributed by atoms with Crippen LogP contribution in [0.5, 0.6) is 0 Å². The van der Waals surface area contributed by atoms with Crippen LogP contribution in [0.1, 0.15) is 24.9 Å². The van der Waals surface area contributed by atoms with Gasteiger partial charge < -0.3 is 11.1 Å². The fraction of sp³-hybridized carbons (Fsp3) is 0.417. The zero-order valence-corrected chi connectivity index (χ0v) is 11.7. The van der Waals surface area contributed by atoms with Gasteiger partial charge in [0.1, 0.15) is 6.04 Å². The third-order valence-corrected chi connectivity index (χ3v) is 3.70. The Labute approximate surface area is 115 Å². The Morgan fingerprint density at radius 2 is 2.22 bits per heavy atom. The highest BCUT2D eigenvalue weighted by molar-refractivity contribution is 9.10. The Morgan fingerprint density at radius 1 is 1.50 bits per heavy atom. The normalized spacial score (nSPS) is 24.8. The topological polar surface area (TPSA) is 79.2 Å². The van der Waals surface area contributed by atoms with Crippen LogP contribution in [0.15, 0.2) is 28.7 Å². The van der Waals surface area contributed by atoms with Gasteiger partial charge in [0.25, 0.3) is 0 Å². The third kappa shape index (κ3) is 3.08. The van der Waals surface area contributed by atoms with Gasteiger partial charge >= 0.3 is 0 Å². The summed E-state index contributed by atoms with van der Waals surface area (Å²) in [6.07, 6.45) is 0.425. The van der Waals surface area contributed by atoms with E-state index in [-0.39, 0.29) is 24.2 Å². The van der Waals surface area contributed by atoms with Crippen molar-refractivity contribution >= 4 is 21.8 Å². The van der Waals surface area contributed by atoms with E-state index in [0.29, 0.717) is 6.42 Å². The number of benzene rings is 1. The van der Waals surface area contributed by atoms with E-state index in [2.05, 4.69) is 32.1 Å². The minimum Gasteiger partial charge on any atom is -0.348 e. The van der Waals surface area contributed by atoms with Crippen molar-refractivity contribution in [3.63, 3.8) is 0 Å². The first-order valence-corrected chi connectivity index (χ1v) is 6.68. The average Bonchev–Trinajstić information content (AvgIpc) is 2.76. The number of amides is 1. The lowest BCUT2D eigenvalue weighted by Crippen LogP contribution is -2.44. The summed E-state index contributed by atoms with van der Waals surface area (Å²) in [5.41, 5.74) is 12.4. The molecule has 0 spiro atoms. The molecule has 6 heteroatoms. The van der Waals surface area contributed by atoms with E-state index in [4.69, 9.17) is 5.73 Å². The molecule has 1 saturated heterocycles. The summed E-state index contributed by atoms with van der Waals surface area (Å²) in [5.74, 6) is -0.0429. The van der Waals surface area contributed by atoms with Gasteiger partial charge in [-0.05, 0) is 18.6 Å². The van der Waals surface area contributed by atoms with Crippen molar-refractivity contribution in [2.45, 2.75) is 31.6 Å². The van der Waals surface area contributed by atoms with Crippen molar-refractivity contribution in [2.24, 2.45) is 5.73 Å². The van der Waals surface area contributed by atoms with Gasteiger partial charge in [-0.3, -0.25) is 4.79 Å². The maximum Gasteiger partial charge on any atom is 0.239 e. The smallest absolute Gasteiger partial charge is 0.239 e. The summed E-state index contributed by atoms with van der Waals surface area (Å²) in [6.45, 7) is 1.96. The van der Waals surface area contributed by atoms with Gasteiger partial charge in [0.15, 0.2) is 0 Å². The Balaban J connectivity index is 1.97. The monoisotopic (exact) mass is 312 g/mol. The molecule has 1 aromatic rings. The van der Waals surface area contributed by atoms with Crippen LogP contribution in [0.4, 0.5) is 0 Å². The van der Waals surface area contributed by atoms with E-state index in [1.807, 2.05) is 31.2 Å². The Kier molecular flexibility index (Phi) is 4.34. The molecule has 2 rings (SSSR count). The second-order valence-corrected chi connectivity index (χ2v) is 5.29. The summed E-state index contributed by atoms with van der Waals surface area (Å²) in [7, 11) is 0. The van der Waals surface area contributed by atoms with Crippen LogP contribution in [0.2, 0.25) is 0 Å². The number of halogens is 1. The molecule has 3 atom stereocenters. The first-order valence-electron chi connectivity index (χ1n) is 5.89. The van der Waals surface area contributed by atoms with E-state index in [0.717, 1.165) is 10.0 Å². The molecule has 1 aliphatic rings. The van der Waals surface area contributed by atoms with E-state index < -0.39 is 0 Å². The molecule has 98 valence electrons. The lowest BCUT2D eigenvalue weighted by molar-refractivity contribution is -0.123. The number of nitrogens with two attached hydrogens (primary N) is 1. The van der Waals surface area contributed by atoms with Crippen molar-refractivity contribution in [2.75, 3.05) is 0 Å². The van der Waals surface area contributed by atoms with Crippen LogP contribution < -0.4 is 21.9 Å². The summed E-state index contributed by atoms with van der Waals surface area (Å²) in [5, 5.41) is 2.97. The number of hydrazine groups is 1. The van der Waals surface area contributed by atoms with Gasteiger partial charge in [-0.2, -0.15) is 0 Å². The van der Waals surface area contributed by atoms with Gasteiger partial charge in [0.2, 0.25) is 5.91 Å². The van der Waals surface area contributed by atoms with Crippen LogP contribution in [0.25, 0.3) is 0 Å². The average molecular weight is 313 g/mol. The highest BCUT2D eigenvalue weighted by Gasteiger charge is 2.27. The van der Waals surface area contributed by atoms with E-state index >= 15 is 0 Å². The lowest BCUT2D eigenvalue weighted by atomic mass is 10.1. The van der Waals surface area contributed by atoms with Crippen LogP contribution in [0.3, 0.4) is 0 Å². The number of carbonyl (C=O) groups is 1. The van der Waals surface area contributed by atoms with Crippen molar-refractivity contribution in [1.82, 2.24) is 16.2 Å². The first-order chi connectivity index (χ1) is 8.58. The minimum absolute atomic E-state index is 0.0429. The van der Waals surface area contributed by atoms with Crippen LogP contribution in [-0.2, 0) is 4.79 Å². The summed E-state index contributed by atoms with van der Waals surface area (Å²) < 4.78 is 0.993. The van der Waals surface area contributed by atoms with Crippen LogP contribution >= 0.6 is 15.9 Å². The van der Waals surface area contributed by atoms with Gasteiger partial charge in [0, 0.05) is 10.9 Å². The predicted octanol–water partition coefficient (Wildman–Crippen LogP) is 0.778. The molecule has 0 aromatic heterocycles. The number of rotatable bonds is 3. The van der Waals surface area contributed by atoms with Gasteiger partial charge in [-0.25, -0.2) is 10.9 Å². The molecule has 5 nitrogen and oxygen atoms in total.